The minimum Gasteiger partial charge on any atom is -0.394 e. The van der Waals surface area contributed by atoms with Crippen molar-refractivity contribution in [3.63, 3.8) is 0 Å². The summed E-state index contributed by atoms with van der Waals surface area (Å²) in [6.45, 7) is 0.0759. The highest BCUT2D eigenvalue weighted by Gasteiger charge is 2.40. The Morgan fingerprint density at radius 1 is 1.12 bits per heavy atom. The summed E-state index contributed by atoms with van der Waals surface area (Å²) in [7, 11) is 0. The molecule has 2 amide bonds. The van der Waals surface area contributed by atoms with Crippen LogP contribution in [0.5, 0.6) is 0 Å². The van der Waals surface area contributed by atoms with Gasteiger partial charge in [0.15, 0.2) is 6.23 Å². The van der Waals surface area contributed by atoms with Crippen LogP contribution >= 0.6 is 0 Å². The molecule has 2 aliphatic rings. The molecule has 1 saturated heterocycles. The fourth-order valence-electron chi connectivity index (χ4n) is 3.41. The van der Waals surface area contributed by atoms with Gasteiger partial charge in [0, 0.05) is 23.9 Å². The number of rotatable bonds is 3. The Balaban J connectivity index is 1.95. The van der Waals surface area contributed by atoms with Crippen LogP contribution in [-0.2, 0) is 21.9 Å². The van der Waals surface area contributed by atoms with Crippen molar-refractivity contribution in [2.24, 2.45) is 0 Å². The predicted molar refractivity (Wildman–Crippen MR) is 97.8 cm³/mol. The number of aliphatic hydroxyl groups excluding tert-OH is 2. The highest BCUT2D eigenvalue weighted by Crippen LogP contribution is 2.36. The average Bonchev–Trinajstić information content (AvgIpc) is 2.73. The van der Waals surface area contributed by atoms with Gasteiger partial charge >= 0.3 is 12.4 Å². The molecule has 0 spiro atoms. The molecule has 0 saturated carbocycles. The third-order valence-electron chi connectivity index (χ3n) is 5.05. The molecule has 3 N–H and O–H groups in total. The van der Waals surface area contributed by atoms with E-state index in [0.29, 0.717) is 12.1 Å². The Bertz CT molecular complexity index is 932. The van der Waals surface area contributed by atoms with Gasteiger partial charge in [-0.25, -0.2) is 0 Å². The van der Waals surface area contributed by atoms with Crippen molar-refractivity contribution in [2.45, 2.75) is 38.0 Å². The van der Waals surface area contributed by atoms with Crippen molar-refractivity contribution in [3.8, 4) is 0 Å². The van der Waals surface area contributed by atoms with Crippen molar-refractivity contribution >= 4 is 11.8 Å². The molecule has 33 heavy (non-hydrogen) atoms. The van der Waals surface area contributed by atoms with Crippen LogP contribution < -0.4 is 5.32 Å². The molecular formula is C19H19F6N3O5. The number of ether oxygens (including phenoxy) is 1. The molecule has 14 heteroatoms. The third-order valence-corrected chi connectivity index (χ3v) is 5.05. The maximum absolute atomic E-state index is 13.2. The van der Waals surface area contributed by atoms with Gasteiger partial charge in [-0.05, 0) is 25.1 Å². The Kier molecular flexibility index (Phi) is 6.64. The van der Waals surface area contributed by atoms with Crippen LogP contribution in [0.1, 0.15) is 28.4 Å². The van der Waals surface area contributed by atoms with Gasteiger partial charge in [0.25, 0.3) is 11.8 Å². The second kappa shape index (κ2) is 8.83. The minimum atomic E-state index is -5.13. The molecule has 0 aliphatic carbocycles. The van der Waals surface area contributed by atoms with E-state index in [-0.39, 0.29) is 24.7 Å². The van der Waals surface area contributed by atoms with Gasteiger partial charge in [0.05, 0.1) is 24.3 Å². The van der Waals surface area contributed by atoms with Crippen LogP contribution in [0.3, 0.4) is 0 Å². The number of nitrogens with zero attached hydrogens (tertiary/aromatic N) is 2. The minimum absolute atomic E-state index is 0.0875. The summed E-state index contributed by atoms with van der Waals surface area (Å²) in [6.07, 6.45) is -12.8. The van der Waals surface area contributed by atoms with E-state index in [0.717, 1.165) is 9.80 Å². The van der Waals surface area contributed by atoms with E-state index in [4.69, 9.17) is 4.74 Å². The van der Waals surface area contributed by atoms with Gasteiger partial charge in [0.2, 0.25) is 6.35 Å². The second-order valence-corrected chi connectivity index (χ2v) is 7.51. The number of nitrogens with one attached hydrogen (secondary N) is 1. The van der Waals surface area contributed by atoms with Crippen molar-refractivity contribution in [1.82, 2.24) is 15.1 Å². The molecule has 1 aromatic carbocycles. The summed E-state index contributed by atoms with van der Waals surface area (Å²) in [5, 5.41) is 21.8. The Morgan fingerprint density at radius 3 is 2.21 bits per heavy atom. The van der Waals surface area contributed by atoms with E-state index in [9.17, 15) is 46.1 Å². The van der Waals surface area contributed by atoms with E-state index in [1.807, 2.05) is 0 Å². The Morgan fingerprint density at radius 2 is 1.70 bits per heavy atom. The molecule has 8 nitrogen and oxygen atoms in total. The molecule has 3 unspecified atom stereocenters. The summed E-state index contributed by atoms with van der Waals surface area (Å²) < 4.78 is 84.5. The lowest BCUT2D eigenvalue weighted by Crippen LogP contribution is -2.61. The highest BCUT2D eigenvalue weighted by atomic mass is 19.4. The van der Waals surface area contributed by atoms with Crippen LogP contribution in [-0.4, -0.2) is 70.2 Å². The first kappa shape index (κ1) is 24.8. The number of alkyl halides is 6. The van der Waals surface area contributed by atoms with Crippen LogP contribution in [0.15, 0.2) is 30.0 Å². The topological polar surface area (TPSA) is 102 Å². The maximum atomic E-state index is 13.2. The van der Waals surface area contributed by atoms with Gasteiger partial charge in [-0.1, -0.05) is 0 Å². The maximum Gasteiger partial charge on any atom is 0.416 e. The monoisotopic (exact) mass is 483 g/mol. The molecule has 3 rings (SSSR count). The molecule has 1 aromatic rings. The quantitative estimate of drug-likeness (QED) is 0.564. The first-order valence-corrected chi connectivity index (χ1v) is 9.50. The lowest BCUT2D eigenvalue weighted by molar-refractivity contribution is -0.184. The van der Waals surface area contributed by atoms with E-state index in [2.05, 4.69) is 5.32 Å². The normalized spacial score (nSPS) is 24.5. The number of carbonyl (C=O) groups excluding carboxylic acids is 2. The lowest BCUT2D eigenvalue weighted by atomic mass is 10.0. The Hall–Kier alpha value is -2.84. The first-order valence-electron chi connectivity index (χ1n) is 9.50. The number of carbonyl (C=O) groups is 2. The average molecular weight is 483 g/mol. The first-order chi connectivity index (χ1) is 15.2. The van der Waals surface area contributed by atoms with Gasteiger partial charge in [-0.2, -0.15) is 26.3 Å². The molecule has 0 aromatic heterocycles. The zero-order valence-corrected chi connectivity index (χ0v) is 16.9. The number of amides is 2. The fourth-order valence-corrected chi connectivity index (χ4v) is 3.41. The standard InChI is InChI=1S/C19H19F6N3O5/c1-9-5-28(17(32)26-15(9)30)14-7-27(6-13(8-29)33-14)16(31)10-2-11(18(20,21)22)4-12(3-10)19(23,24)25/h2-5,13-14,17,29,32H,6-8H2,1H3,(H,26,30). The summed E-state index contributed by atoms with van der Waals surface area (Å²) in [5.74, 6) is -1.74. The summed E-state index contributed by atoms with van der Waals surface area (Å²) in [6, 6.07) is 0.543. The second-order valence-electron chi connectivity index (χ2n) is 7.51. The van der Waals surface area contributed by atoms with Crippen LogP contribution in [0.4, 0.5) is 26.3 Å². The van der Waals surface area contributed by atoms with Gasteiger partial charge in [-0.3, -0.25) is 9.59 Å². The molecule has 2 heterocycles. The number of benzene rings is 1. The fraction of sp³-hybridized carbons (Fsp3) is 0.474. The molecule has 1 fully saturated rings. The molecule has 2 aliphatic heterocycles. The zero-order chi connectivity index (χ0) is 24.7. The number of morpholine rings is 1. The van der Waals surface area contributed by atoms with Crippen molar-refractivity contribution in [3.05, 3.63) is 46.7 Å². The number of hydrogen-bond donors (Lipinski definition) is 3. The number of aliphatic hydroxyl groups is 2. The SMILES string of the molecule is CC1=CN(C2CN(C(=O)c3cc(C(F)(F)F)cc(C(F)(F)F)c3)CC(CO)O2)C(O)NC1=O. The van der Waals surface area contributed by atoms with E-state index in [1.165, 1.54) is 13.1 Å². The number of hydrogen-bond acceptors (Lipinski definition) is 6. The molecule has 0 bridgehead atoms. The molecule has 182 valence electrons. The smallest absolute Gasteiger partial charge is 0.394 e. The summed E-state index contributed by atoms with van der Waals surface area (Å²) in [4.78, 5) is 26.6. The zero-order valence-electron chi connectivity index (χ0n) is 16.9. The van der Waals surface area contributed by atoms with Gasteiger partial charge < -0.3 is 30.1 Å². The molecule has 3 atom stereocenters. The highest BCUT2D eigenvalue weighted by molar-refractivity contribution is 5.95. The van der Waals surface area contributed by atoms with Crippen LogP contribution in [0.25, 0.3) is 0 Å². The van der Waals surface area contributed by atoms with Crippen LogP contribution in [0.2, 0.25) is 0 Å². The lowest BCUT2D eigenvalue weighted by Gasteiger charge is -2.44. The predicted octanol–water partition coefficient (Wildman–Crippen LogP) is 1.50. The van der Waals surface area contributed by atoms with Gasteiger partial charge in [-0.15, -0.1) is 0 Å². The van der Waals surface area contributed by atoms with Crippen molar-refractivity contribution in [1.29, 1.82) is 0 Å². The van der Waals surface area contributed by atoms with Crippen molar-refractivity contribution in [2.75, 3.05) is 19.7 Å². The summed E-state index contributed by atoms with van der Waals surface area (Å²) in [5.41, 5.74) is -3.97. The molecular weight excluding hydrogens is 464 g/mol. The third kappa shape index (κ3) is 5.39. The van der Waals surface area contributed by atoms with Crippen LogP contribution in [0, 0.1) is 0 Å². The van der Waals surface area contributed by atoms with E-state index >= 15 is 0 Å². The largest absolute Gasteiger partial charge is 0.416 e. The number of halogens is 6. The Labute approximate surface area is 183 Å². The van der Waals surface area contributed by atoms with E-state index < -0.39 is 66.1 Å². The van der Waals surface area contributed by atoms with Gasteiger partial charge in [0.1, 0.15) is 6.10 Å². The molecule has 0 radical (unpaired) electrons. The summed E-state index contributed by atoms with van der Waals surface area (Å²) >= 11 is 0. The van der Waals surface area contributed by atoms with E-state index in [1.54, 1.807) is 0 Å². The van der Waals surface area contributed by atoms with Crippen molar-refractivity contribution < 1.29 is 50.9 Å².